The van der Waals surface area contributed by atoms with Crippen molar-refractivity contribution in [2.45, 2.75) is 13.8 Å². The highest BCUT2D eigenvalue weighted by Gasteiger charge is 2.08. The smallest absolute Gasteiger partial charge is 0.131 e. The molecule has 0 aromatic carbocycles. The second-order valence-electron chi connectivity index (χ2n) is 3.32. The van der Waals surface area contributed by atoms with Gasteiger partial charge in [-0.15, -0.1) is 0 Å². The normalized spacial score (nSPS) is 19.1. The minimum atomic E-state index is 0.801. The number of rotatable bonds is 1. The van der Waals surface area contributed by atoms with Gasteiger partial charge < -0.3 is 0 Å². The maximum atomic E-state index is 4.34. The Morgan fingerprint density at radius 1 is 1.33 bits per heavy atom. The predicted octanol–water partition coefficient (Wildman–Crippen LogP) is 2.97. The van der Waals surface area contributed by atoms with Gasteiger partial charge in [-0.2, -0.15) is 0 Å². The molecule has 2 nitrogen and oxygen atoms in total. The molecule has 0 radical (unpaired) electrons. The van der Waals surface area contributed by atoms with Crippen LogP contribution in [0.25, 0.3) is 0 Å². The first-order valence-electron chi connectivity index (χ1n) is 4.91. The van der Waals surface area contributed by atoms with E-state index >= 15 is 0 Å². The van der Waals surface area contributed by atoms with Gasteiger partial charge in [-0.25, -0.2) is 4.99 Å². The van der Waals surface area contributed by atoms with E-state index in [1.807, 2.05) is 38.2 Å². The second-order valence-corrected chi connectivity index (χ2v) is 3.32. The molecular formula is C13H12N2. The van der Waals surface area contributed by atoms with Crippen LogP contribution < -0.4 is 0 Å². The van der Waals surface area contributed by atoms with Gasteiger partial charge in [0, 0.05) is 18.0 Å². The van der Waals surface area contributed by atoms with Crippen molar-refractivity contribution in [2.24, 2.45) is 9.98 Å². The summed E-state index contributed by atoms with van der Waals surface area (Å²) >= 11 is 0. The molecule has 2 aliphatic rings. The molecule has 0 saturated carbocycles. The summed E-state index contributed by atoms with van der Waals surface area (Å²) in [5.74, 6) is 0. The summed E-state index contributed by atoms with van der Waals surface area (Å²) in [5, 5.41) is 0. The Kier molecular flexibility index (Phi) is 2.61. The van der Waals surface area contributed by atoms with E-state index in [0.717, 1.165) is 22.5 Å². The van der Waals surface area contributed by atoms with Crippen LogP contribution in [0.15, 0.2) is 62.6 Å². The standard InChI is InChI=1S/C13H12N2/c1-3-14-13-10(2)6-7-11-5-4-8-15-12(13)9-11/h3-8H,1-2H3. The van der Waals surface area contributed by atoms with E-state index in [1.165, 1.54) is 0 Å². The van der Waals surface area contributed by atoms with Crippen LogP contribution in [0.1, 0.15) is 13.8 Å². The van der Waals surface area contributed by atoms with Crippen molar-refractivity contribution >= 4 is 12.4 Å². The molecule has 0 saturated heterocycles. The maximum Gasteiger partial charge on any atom is 0.131 e. The van der Waals surface area contributed by atoms with Gasteiger partial charge in [-0.3, -0.25) is 4.99 Å². The maximum absolute atomic E-state index is 4.34. The SMILES string of the molecule is CC=NC1=C(C)C=CC2=C=C1N=CC=C2. The quantitative estimate of drug-likeness (QED) is 0.455. The first-order valence-corrected chi connectivity index (χ1v) is 4.91. The van der Waals surface area contributed by atoms with Crippen LogP contribution in [-0.4, -0.2) is 12.4 Å². The highest BCUT2D eigenvalue weighted by Crippen LogP contribution is 2.22. The average molecular weight is 196 g/mol. The number of hydrogen-bond acceptors (Lipinski definition) is 2. The van der Waals surface area contributed by atoms with E-state index in [4.69, 9.17) is 0 Å². The Balaban J connectivity index is 2.62. The minimum absolute atomic E-state index is 0.801. The highest BCUT2D eigenvalue weighted by molar-refractivity contribution is 5.75. The second kappa shape index (κ2) is 4.07. The van der Waals surface area contributed by atoms with Gasteiger partial charge in [0.1, 0.15) is 5.70 Å². The topological polar surface area (TPSA) is 24.7 Å². The third-order valence-electron chi connectivity index (χ3n) is 2.20. The molecule has 0 aromatic rings. The van der Waals surface area contributed by atoms with E-state index in [1.54, 1.807) is 12.4 Å². The van der Waals surface area contributed by atoms with Crippen LogP contribution in [0.4, 0.5) is 0 Å². The average Bonchev–Trinajstić information content (AvgIpc) is 2.54. The first-order chi connectivity index (χ1) is 7.31. The van der Waals surface area contributed by atoms with Crippen LogP contribution in [0.5, 0.6) is 0 Å². The summed E-state index contributed by atoms with van der Waals surface area (Å²) in [5.41, 5.74) is 7.07. The number of aliphatic imine (C=N–C) groups is 2. The lowest BCUT2D eigenvalue weighted by Crippen LogP contribution is -1.87. The Morgan fingerprint density at radius 2 is 2.20 bits per heavy atom. The largest absolute Gasteiger partial charge is 0.258 e. The molecule has 0 unspecified atom stereocenters. The van der Waals surface area contributed by atoms with Gasteiger partial charge in [0.25, 0.3) is 0 Å². The Hall–Kier alpha value is -1.92. The highest BCUT2D eigenvalue weighted by atomic mass is 14.8. The summed E-state index contributed by atoms with van der Waals surface area (Å²) in [6.07, 6.45) is 11.5. The van der Waals surface area contributed by atoms with Gasteiger partial charge in [-0.1, -0.05) is 11.8 Å². The molecule has 0 spiro atoms. The van der Waals surface area contributed by atoms with Crippen molar-refractivity contribution in [3.8, 4) is 0 Å². The lowest BCUT2D eigenvalue weighted by atomic mass is 10.2. The summed E-state index contributed by atoms with van der Waals surface area (Å²) < 4.78 is 0. The molecule has 0 atom stereocenters. The van der Waals surface area contributed by atoms with Crippen LogP contribution in [0.2, 0.25) is 0 Å². The fraction of sp³-hybridized carbons (Fsp3) is 0.154. The van der Waals surface area contributed by atoms with E-state index < -0.39 is 0 Å². The molecule has 2 rings (SSSR count). The summed E-state index contributed by atoms with van der Waals surface area (Å²) in [6, 6.07) is 0. The first kappa shape index (κ1) is 9.63. The van der Waals surface area contributed by atoms with Crippen LogP contribution in [0, 0.1) is 0 Å². The van der Waals surface area contributed by atoms with Gasteiger partial charge in [-0.05, 0) is 37.6 Å². The molecule has 1 heterocycles. The van der Waals surface area contributed by atoms with E-state index in [9.17, 15) is 0 Å². The molecule has 2 bridgehead atoms. The van der Waals surface area contributed by atoms with Gasteiger partial charge >= 0.3 is 0 Å². The third-order valence-corrected chi connectivity index (χ3v) is 2.20. The van der Waals surface area contributed by atoms with Crippen molar-refractivity contribution in [1.82, 2.24) is 0 Å². The van der Waals surface area contributed by atoms with Crippen molar-refractivity contribution in [3.63, 3.8) is 0 Å². The molecule has 0 fully saturated rings. The molecule has 0 N–H and O–H groups in total. The monoisotopic (exact) mass is 196 g/mol. The lowest BCUT2D eigenvalue weighted by Gasteiger charge is -2.01. The molecule has 1 aliphatic carbocycles. The fourth-order valence-electron chi connectivity index (χ4n) is 1.47. The van der Waals surface area contributed by atoms with Gasteiger partial charge in [0.2, 0.25) is 0 Å². The molecular weight excluding hydrogens is 184 g/mol. The molecule has 0 aromatic heterocycles. The third kappa shape index (κ3) is 1.95. The van der Waals surface area contributed by atoms with Crippen molar-refractivity contribution in [1.29, 1.82) is 0 Å². The van der Waals surface area contributed by atoms with E-state index in [0.29, 0.717) is 0 Å². The van der Waals surface area contributed by atoms with Gasteiger partial charge in [0.05, 0.1) is 5.70 Å². The van der Waals surface area contributed by atoms with Crippen molar-refractivity contribution in [2.75, 3.05) is 0 Å². The van der Waals surface area contributed by atoms with E-state index in [2.05, 4.69) is 15.7 Å². The van der Waals surface area contributed by atoms with Crippen LogP contribution >= 0.6 is 0 Å². The molecule has 1 aliphatic heterocycles. The Bertz CT molecular complexity index is 491. The number of hydrogen-bond donors (Lipinski definition) is 0. The molecule has 74 valence electrons. The number of nitrogens with zero attached hydrogens (tertiary/aromatic N) is 2. The van der Waals surface area contributed by atoms with Crippen molar-refractivity contribution < 1.29 is 0 Å². The Labute approximate surface area is 89.4 Å². The summed E-state index contributed by atoms with van der Waals surface area (Å²) in [7, 11) is 0. The molecule has 2 heteroatoms. The van der Waals surface area contributed by atoms with Crippen molar-refractivity contribution in [3.05, 3.63) is 52.6 Å². The Morgan fingerprint density at radius 3 is 3.00 bits per heavy atom. The molecule has 15 heavy (non-hydrogen) atoms. The van der Waals surface area contributed by atoms with Crippen LogP contribution in [0.3, 0.4) is 0 Å². The van der Waals surface area contributed by atoms with Crippen LogP contribution in [-0.2, 0) is 0 Å². The fourth-order valence-corrected chi connectivity index (χ4v) is 1.47. The number of allylic oxidation sites excluding steroid dienone is 5. The zero-order valence-electron chi connectivity index (χ0n) is 8.86. The minimum Gasteiger partial charge on any atom is -0.258 e. The summed E-state index contributed by atoms with van der Waals surface area (Å²) in [6.45, 7) is 3.93. The van der Waals surface area contributed by atoms with Gasteiger partial charge in [0.15, 0.2) is 0 Å². The molecule has 0 amide bonds. The zero-order chi connectivity index (χ0) is 10.7. The lowest BCUT2D eigenvalue weighted by molar-refractivity contribution is 1.21. The zero-order valence-corrected chi connectivity index (χ0v) is 8.86. The summed E-state index contributed by atoms with van der Waals surface area (Å²) in [4.78, 5) is 8.65. The predicted molar refractivity (Wildman–Crippen MR) is 64.2 cm³/mol. The van der Waals surface area contributed by atoms with E-state index in [-0.39, 0.29) is 0 Å².